The van der Waals surface area contributed by atoms with Crippen molar-refractivity contribution in [2.45, 2.75) is 58.3 Å². The first-order valence-electron chi connectivity index (χ1n) is 7.25. The highest BCUT2D eigenvalue weighted by molar-refractivity contribution is 5.81. The van der Waals surface area contributed by atoms with Crippen molar-refractivity contribution in [1.29, 1.82) is 0 Å². The van der Waals surface area contributed by atoms with Crippen molar-refractivity contribution >= 4 is 5.78 Å². The minimum atomic E-state index is 0.458. The number of allylic oxidation sites excluding steroid dienone is 1. The Morgan fingerprint density at radius 2 is 2.29 bits per heavy atom. The highest BCUT2D eigenvalue weighted by atomic mass is 16.1. The Labute approximate surface area is 105 Å². The molecule has 0 radical (unpaired) electrons. The summed E-state index contributed by atoms with van der Waals surface area (Å²) >= 11 is 0. The Morgan fingerprint density at radius 3 is 2.88 bits per heavy atom. The molecule has 3 saturated carbocycles. The number of fused-ring (bicyclic) bond motifs is 3. The maximum absolute atomic E-state index is 11.6. The van der Waals surface area contributed by atoms with Crippen molar-refractivity contribution in [3.63, 3.8) is 0 Å². The highest BCUT2D eigenvalue weighted by Crippen LogP contribution is 2.64. The second-order valence-electron chi connectivity index (χ2n) is 6.98. The van der Waals surface area contributed by atoms with Gasteiger partial charge in [-0.05, 0) is 68.6 Å². The SMILES string of the molecule is C=C(C)CCC1CC2CC1C1(CCC(=O)C1)C2. The van der Waals surface area contributed by atoms with E-state index in [0.29, 0.717) is 11.2 Å². The van der Waals surface area contributed by atoms with Crippen molar-refractivity contribution in [1.82, 2.24) is 0 Å². The molecule has 0 aromatic carbocycles. The van der Waals surface area contributed by atoms with Crippen LogP contribution in [-0.2, 0) is 4.79 Å². The van der Waals surface area contributed by atoms with Crippen LogP contribution in [0, 0.1) is 23.2 Å². The monoisotopic (exact) mass is 232 g/mol. The predicted molar refractivity (Wildman–Crippen MR) is 69.7 cm³/mol. The van der Waals surface area contributed by atoms with Gasteiger partial charge >= 0.3 is 0 Å². The van der Waals surface area contributed by atoms with E-state index in [1.54, 1.807) is 0 Å². The molecule has 3 rings (SSSR count). The van der Waals surface area contributed by atoms with Gasteiger partial charge in [0.1, 0.15) is 5.78 Å². The lowest BCUT2D eigenvalue weighted by Crippen LogP contribution is -2.31. The Bertz CT molecular complexity index is 357. The second-order valence-corrected chi connectivity index (χ2v) is 6.98. The third-order valence-corrected chi connectivity index (χ3v) is 5.67. The Hall–Kier alpha value is -0.590. The quantitative estimate of drug-likeness (QED) is 0.669. The molecule has 0 aromatic rings. The summed E-state index contributed by atoms with van der Waals surface area (Å²) in [4.78, 5) is 11.6. The highest BCUT2D eigenvalue weighted by Gasteiger charge is 2.57. The number of hydrogen-bond acceptors (Lipinski definition) is 1. The van der Waals surface area contributed by atoms with E-state index in [4.69, 9.17) is 0 Å². The van der Waals surface area contributed by atoms with E-state index in [2.05, 4.69) is 13.5 Å². The summed E-state index contributed by atoms with van der Waals surface area (Å²) < 4.78 is 0. The molecular weight excluding hydrogens is 208 g/mol. The van der Waals surface area contributed by atoms with Crippen molar-refractivity contribution in [2.75, 3.05) is 0 Å². The van der Waals surface area contributed by atoms with Gasteiger partial charge in [0.25, 0.3) is 0 Å². The van der Waals surface area contributed by atoms with E-state index < -0.39 is 0 Å². The van der Waals surface area contributed by atoms with Gasteiger partial charge in [-0.15, -0.1) is 6.58 Å². The van der Waals surface area contributed by atoms with Crippen molar-refractivity contribution in [2.24, 2.45) is 23.2 Å². The lowest BCUT2D eigenvalue weighted by atomic mass is 9.66. The predicted octanol–water partition coefficient (Wildman–Crippen LogP) is 4.13. The topological polar surface area (TPSA) is 17.1 Å². The van der Waals surface area contributed by atoms with Gasteiger partial charge in [-0.1, -0.05) is 5.57 Å². The Morgan fingerprint density at radius 1 is 1.47 bits per heavy atom. The lowest BCUT2D eigenvalue weighted by Gasteiger charge is -2.38. The summed E-state index contributed by atoms with van der Waals surface area (Å²) in [5.41, 5.74) is 1.78. The molecule has 0 N–H and O–H groups in total. The van der Waals surface area contributed by atoms with Crippen LogP contribution in [0.3, 0.4) is 0 Å². The third-order valence-electron chi connectivity index (χ3n) is 5.67. The van der Waals surface area contributed by atoms with Crippen LogP contribution in [0.1, 0.15) is 58.3 Å². The van der Waals surface area contributed by atoms with Gasteiger partial charge in [0.15, 0.2) is 0 Å². The first kappa shape index (κ1) is 11.5. The number of ketones is 1. The minimum absolute atomic E-state index is 0.458. The van der Waals surface area contributed by atoms with Crippen LogP contribution in [0.25, 0.3) is 0 Å². The van der Waals surface area contributed by atoms with Gasteiger partial charge in [0.2, 0.25) is 0 Å². The van der Waals surface area contributed by atoms with Crippen LogP contribution in [0.2, 0.25) is 0 Å². The molecule has 0 saturated heterocycles. The third kappa shape index (κ3) is 1.88. The van der Waals surface area contributed by atoms with E-state index in [1.165, 1.54) is 44.1 Å². The molecule has 0 heterocycles. The maximum atomic E-state index is 11.6. The largest absolute Gasteiger partial charge is 0.300 e. The van der Waals surface area contributed by atoms with Crippen molar-refractivity contribution < 1.29 is 4.79 Å². The summed E-state index contributed by atoms with van der Waals surface area (Å²) in [7, 11) is 0. The zero-order valence-electron chi connectivity index (χ0n) is 11.0. The molecular formula is C16H24O. The first-order valence-corrected chi connectivity index (χ1v) is 7.25. The van der Waals surface area contributed by atoms with E-state index in [0.717, 1.165) is 30.6 Å². The van der Waals surface area contributed by atoms with Gasteiger partial charge < -0.3 is 0 Å². The van der Waals surface area contributed by atoms with Crippen LogP contribution >= 0.6 is 0 Å². The fraction of sp³-hybridized carbons (Fsp3) is 0.812. The van der Waals surface area contributed by atoms with Crippen LogP contribution in [0.5, 0.6) is 0 Å². The average molecular weight is 232 g/mol. The fourth-order valence-corrected chi connectivity index (χ4v) is 5.08. The molecule has 0 aliphatic heterocycles. The van der Waals surface area contributed by atoms with Crippen LogP contribution in [0.4, 0.5) is 0 Å². The molecule has 3 fully saturated rings. The molecule has 0 aromatic heterocycles. The molecule has 1 nitrogen and oxygen atoms in total. The summed E-state index contributed by atoms with van der Waals surface area (Å²) in [6, 6.07) is 0. The summed E-state index contributed by atoms with van der Waals surface area (Å²) in [6.45, 7) is 6.17. The number of carbonyl (C=O) groups is 1. The molecule has 4 unspecified atom stereocenters. The summed E-state index contributed by atoms with van der Waals surface area (Å²) in [5.74, 6) is 3.26. The Kier molecular flexibility index (Phi) is 2.68. The molecule has 1 spiro atoms. The van der Waals surface area contributed by atoms with Gasteiger partial charge in [-0.25, -0.2) is 0 Å². The summed E-state index contributed by atoms with van der Waals surface area (Å²) in [5, 5.41) is 0. The number of Topliss-reactive ketones (excluding diaryl/α,β-unsaturated/α-hetero) is 1. The summed E-state index contributed by atoms with van der Waals surface area (Å²) in [6.07, 6.45) is 9.74. The lowest BCUT2D eigenvalue weighted by molar-refractivity contribution is -0.118. The fourth-order valence-electron chi connectivity index (χ4n) is 5.08. The van der Waals surface area contributed by atoms with Crippen LogP contribution in [-0.4, -0.2) is 5.78 Å². The van der Waals surface area contributed by atoms with Gasteiger partial charge in [-0.3, -0.25) is 4.79 Å². The van der Waals surface area contributed by atoms with E-state index >= 15 is 0 Å². The number of rotatable bonds is 3. The Balaban J connectivity index is 1.70. The standard InChI is InChI=1S/C16H24O/c1-11(2)3-4-13-7-12-8-15(13)16(9-12)6-5-14(17)10-16/h12-13,15H,1,3-10H2,2H3. The van der Waals surface area contributed by atoms with Crippen molar-refractivity contribution in [3.8, 4) is 0 Å². The smallest absolute Gasteiger partial charge is 0.133 e. The van der Waals surface area contributed by atoms with E-state index in [1.807, 2.05) is 0 Å². The number of carbonyl (C=O) groups excluding carboxylic acids is 1. The molecule has 0 amide bonds. The number of hydrogen-bond donors (Lipinski definition) is 0. The zero-order valence-corrected chi connectivity index (χ0v) is 11.0. The average Bonchev–Trinajstić information content (AvgIpc) is 2.90. The second kappa shape index (κ2) is 3.96. The van der Waals surface area contributed by atoms with Gasteiger partial charge in [0.05, 0.1) is 0 Å². The maximum Gasteiger partial charge on any atom is 0.133 e. The minimum Gasteiger partial charge on any atom is -0.300 e. The molecule has 3 aliphatic rings. The molecule has 94 valence electrons. The van der Waals surface area contributed by atoms with Crippen molar-refractivity contribution in [3.05, 3.63) is 12.2 Å². The van der Waals surface area contributed by atoms with Gasteiger partial charge in [-0.2, -0.15) is 0 Å². The molecule has 17 heavy (non-hydrogen) atoms. The normalized spacial score (nSPS) is 43.8. The van der Waals surface area contributed by atoms with Crippen LogP contribution in [0.15, 0.2) is 12.2 Å². The van der Waals surface area contributed by atoms with Gasteiger partial charge in [0, 0.05) is 12.8 Å². The van der Waals surface area contributed by atoms with E-state index in [-0.39, 0.29) is 0 Å². The first-order chi connectivity index (χ1) is 8.09. The zero-order chi connectivity index (χ0) is 12.0. The van der Waals surface area contributed by atoms with E-state index in [9.17, 15) is 4.79 Å². The molecule has 3 aliphatic carbocycles. The molecule has 2 bridgehead atoms. The molecule has 4 atom stereocenters. The van der Waals surface area contributed by atoms with Crippen LogP contribution < -0.4 is 0 Å². The molecule has 1 heteroatoms.